The van der Waals surface area contributed by atoms with Crippen LogP contribution in [0.4, 0.5) is 0 Å². The van der Waals surface area contributed by atoms with Crippen LogP contribution in [0, 0.1) is 6.92 Å². The molecule has 1 aliphatic heterocycles. The van der Waals surface area contributed by atoms with Crippen molar-refractivity contribution in [1.82, 2.24) is 4.90 Å². The molecule has 1 fully saturated rings. The van der Waals surface area contributed by atoms with Gasteiger partial charge < -0.3 is 19.4 Å². The van der Waals surface area contributed by atoms with Gasteiger partial charge in [-0.15, -0.1) is 0 Å². The van der Waals surface area contributed by atoms with Gasteiger partial charge in [0.2, 0.25) is 0 Å². The molecule has 0 aliphatic carbocycles. The van der Waals surface area contributed by atoms with Crippen LogP contribution in [0.3, 0.4) is 0 Å². The lowest BCUT2D eigenvalue weighted by molar-refractivity contribution is -1.02. The van der Waals surface area contributed by atoms with E-state index in [1.54, 1.807) is 23.3 Å². The number of piperazine rings is 1. The minimum atomic E-state index is 0.236. The minimum Gasteiger partial charge on any atom is -0.496 e. The maximum atomic E-state index is 12.5. The average molecular weight is 390 g/mol. The lowest BCUT2D eigenvalue weighted by atomic mass is 10.1. The minimum absolute atomic E-state index is 0.236. The fourth-order valence-corrected chi connectivity index (χ4v) is 4.38. The Kier molecular flexibility index (Phi) is 6.88. The molecule has 0 radical (unpaired) electrons. The van der Waals surface area contributed by atoms with E-state index in [1.165, 1.54) is 21.6 Å². The van der Waals surface area contributed by atoms with Crippen molar-refractivity contribution in [3.8, 4) is 5.75 Å². The fraction of sp³-hybridized carbons (Fsp3) is 0.476. The SMILES string of the molecule is COc1ccc(C)cc1C[NH+]1CC[NH+](CC(=O)N(C)Cc2ccsc2)CC1. The number of methoxy groups -OCH3 is 1. The van der Waals surface area contributed by atoms with Crippen molar-refractivity contribution < 1.29 is 19.3 Å². The first-order valence-electron chi connectivity index (χ1n) is 9.61. The standard InChI is InChI=1S/C21H29N3O2S/c1-17-4-5-20(26-3)19(12-17)14-23-7-9-24(10-8-23)15-21(25)22(2)13-18-6-11-27-16-18/h4-6,11-12,16H,7-10,13-15H2,1-3H3/p+2. The maximum absolute atomic E-state index is 12.5. The molecular weight excluding hydrogens is 358 g/mol. The Morgan fingerprint density at radius 3 is 2.59 bits per heavy atom. The van der Waals surface area contributed by atoms with Crippen molar-refractivity contribution in [3.63, 3.8) is 0 Å². The second-order valence-corrected chi connectivity index (χ2v) is 8.33. The van der Waals surface area contributed by atoms with Crippen LogP contribution in [0.15, 0.2) is 35.0 Å². The molecule has 1 amide bonds. The number of benzene rings is 1. The van der Waals surface area contributed by atoms with E-state index >= 15 is 0 Å². The predicted octanol–water partition coefficient (Wildman–Crippen LogP) is 0.00712. The Morgan fingerprint density at radius 1 is 1.19 bits per heavy atom. The molecule has 0 bridgehead atoms. The van der Waals surface area contributed by atoms with E-state index < -0.39 is 0 Å². The van der Waals surface area contributed by atoms with Crippen molar-refractivity contribution >= 4 is 17.2 Å². The van der Waals surface area contributed by atoms with E-state index in [-0.39, 0.29) is 5.91 Å². The highest BCUT2D eigenvalue weighted by Crippen LogP contribution is 2.18. The normalized spacial score (nSPS) is 19.7. The predicted molar refractivity (Wildman–Crippen MR) is 108 cm³/mol. The van der Waals surface area contributed by atoms with Crippen LogP contribution in [0.5, 0.6) is 5.75 Å². The summed E-state index contributed by atoms with van der Waals surface area (Å²) in [6.07, 6.45) is 0. The molecule has 1 aromatic carbocycles. The molecule has 5 nitrogen and oxygen atoms in total. The Labute approximate surface area is 166 Å². The molecule has 0 atom stereocenters. The van der Waals surface area contributed by atoms with E-state index in [2.05, 4.69) is 41.9 Å². The van der Waals surface area contributed by atoms with Crippen LogP contribution < -0.4 is 14.5 Å². The Hall–Kier alpha value is -1.89. The number of ether oxygens (including phenoxy) is 1. The van der Waals surface area contributed by atoms with Gasteiger partial charge in [-0.1, -0.05) is 11.6 Å². The number of amides is 1. The zero-order valence-corrected chi connectivity index (χ0v) is 17.4. The van der Waals surface area contributed by atoms with E-state index in [4.69, 9.17) is 4.74 Å². The number of aryl methyl sites for hydroxylation is 1. The van der Waals surface area contributed by atoms with Gasteiger partial charge >= 0.3 is 0 Å². The monoisotopic (exact) mass is 389 g/mol. The molecule has 1 saturated heterocycles. The highest BCUT2D eigenvalue weighted by molar-refractivity contribution is 7.07. The Bertz CT molecular complexity index is 740. The zero-order chi connectivity index (χ0) is 19.2. The van der Waals surface area contributed by atoms with Gasteiger partial charge in [-0.3, -0.25) is 4.79 Å². The number of nitrogens with zero attached hydrogens (tertiary/aromatic N) is 1. The number of thiophene rings is 1. The summed E-state index contributed by atoms with van der Waals surface area (Å²) in [5.41, 5.74) is 3.77. The molecule has 2 heterocycles. The first-order chi connectivity index (χ1) is 13.0. The molecule has 1 aromatic heterocycles. The lowest BCUT2D eigenvalue weighted by Crippen LogP contribution is -3.28. The number of carbonyl (C=O) groups excluding carboxylic acids is 1. The van der Waals surface area contributed by atoms with Gasteiger partial charge in [-0.05, 0) is 41.4 Å². The number of nitrogens with one attached hydrogen (secondary N) is 2. The number of likely N-dealkylation sites (N-methyl/N-ethyl adjacent to an activating group) is 1. The van der Waals surface area contributed by atoms with Crippen molar-refractivity contribution in [2.24, 2.45) is 0 Å². The summed E-state index contributed by atoms with van der Waals surface area (Å²) >= 11 is 1.68. The number of carbonyl (C=O) groups is 1. The van der Waals surface area contributed by atoms with Crippen molar-refractivity contribution in [2.45, 2.75) is 20.0 Å². The van der Waals surface area contributed by atoms with Crippen molar-refractivity contribution in [3.05, 3.63) is 51.7 Å². The van der Waals surface area contributed by atoms with Crippen LogP contribution in [-0.2, 0) is 17.9 Å². The largest absolute Gasteiger partial charge is 0.496 e. The van der Waals surface area contributed by atoms with Gasteiger partial charge in [0, 0.05) is 19.2 Å². The van der Waals surface area contributed by atoms with E-state index in [9.17, 15) is 4.79 Å². The summed E-state index contributed by atoms with van der Waals surface area (Å²) in [4.78, 5) is 17.3. The molecule has 6 heteroatoms. The van der Waals surface area contributed by atoms with Crippen LogP contribution in [-0.4, -0.2) is 57.7 Å². The molecule has 0 saturated carbocycles. The molecule has 27 heavy (non-hydrogen) atoms. The van der Waals surface area contributed by atoms with Crippen molar-refractivity contribution in [1.29, 1.82) is 0 Å². The highest BCUT2D eigenvalue weighted by atomic mass is 32.1. The summed E-state index contributed by atoms with van der Waals surface area (Å²) in [5.74, 6) is 1.22. The van der Waals surface area contributed by atoms with Crippen molar-refractivity contribution in [2.75, 3.05) is 46.9 Å². The molecule has 1 aliphatic rings. The third kappa shape index (κ3) is 5.54. The molecule has 2 aromatic rings. The summed E-state index contributed by atoms with van der Waals surface area (Å²) in [6, 6.07) is 8.47. The molecular formula is C21H31N3O2S+2. The van der Waals surface area contributed by atoms with Gasteiger partial charge in [-0.25, -0.2) is 0 Å². The zero-order valence-electron chi connectivity index (χ0n) is 16.6. The number of hydrogen-bond donors (Lipinski definition) is 2. The maximum Gasteiger partial charge on any atom is 0.277 e. The number of quaternary nitrogens is 2. The summed E-state index contributed by atoms with van der Waals surface area (Å²) in [6.45, 7) is 8.69. The van der Waals surface area contributed by atoms with Gasteiger partial charge in [-0.2, -0.15) is 11.3 Å². The molecule has 146 valence electrons. The third-order valence-electron chi connectivity index (χ3n) is 5.37. The van der Waals surface area contributed by atoms with Gasteiger partial charge in [0.15, 0.2) is 6.54 Å². The number of rotatable bonds is 7. The molecule has 0 spiro atoms. The average Bonchev–Trinajstić information content (AvgIpc) is 3.16. The second-order valence-electron chi connectivity index (χ2n) is 7.55. The Balaban J connectivity index is 1.46. The molecule has 3 rings (SSSR count). The lowest BCUT2D eigenvalue weighted by Gasteiger charge is -2.30. The van der Waals surface area contributed by atoms with E-state index in [0.717, 1.165) is 38.5 Å². The topological polar surface area (TPSA) is 38.4 Å². The van der Waals surface area contributed by atoms with Gasteiger partial charge in [0.25, 0.3) is 5.91 Å². The van der Waals surface area contributed by atoms with E-state index in [0.29, 0.717) is 13.1 Å². The van der Waals surface area contributed by atoms with Crippen LogP contribution in [0.25, 0.3) is 0 Å². The third-order valence-corrected chi connectivity index (χ3v) is 6.10. The highest BCUT2D eigenvalue weighted by Gasteiger charge is 2.26. The fourth-order valence-electron chi connectivity index (χ4n) is 3.72. The Morgan fingerprint density at radius 2 is 1.93 bits per heavy atom. The van der Waals surface area contributed by atoms with Crippen LogP contribution in [0.2, 0.25) is 0 Å². The smallest absolute Gasteiger partial charge is 0.277 e. The first-order valence-corrected chi connectivity index (χ1v) is 10.5. The molecule has 2 N–H and O–H groups in total. The summed E-state index contributed by atoms with van der Waals surface area (Å²) in [7, 11) is 3.65. The van der Waals surface area contributed by atoms with Crippen LogP contribution in [0.1, 0.15) is 16.7 Å². The molecule has 0 unspecified atom stereocenters. The second kappa shape index (κ2) is 9.35. The van der Waals surface area contributed by atoms with Crippen LogP contribution >= 0.6 is 11.3 Å². The van der Waals surface area contributed by atoms with Gasteiger partial charge in [0.05, 0.1) is 7.11 Å². The van der Waals surface area contributed by atoms with Gasteiger partial charge in [0.1, 0.15) is 38.5 Å². The summed E-state index contributed by atoms with van der Waals surface area (Å²) < 4.78 is 5.52. The summed E-state index contributed by atoms with van der Waals surface area (Å²) in [5, 5.41) is 4.17. The number of hydrogen-bond acceptors (Lipinski definition) is 3. The first kappa shape index (κ1) is 19.9. The van der Waals surface area contributed by atoms with E-state index in [1.807, 2.05) is 11.9 Å². The quantitative estimate of drug-likeness (QED) is 0.700.